The molecule has 1 unspecified atom stereocenters. The van der Waals surface area contributed by atoms with Gasteiger partial charge < -0.3 is 5.32 Å². The fraction of sp³-hybridized carbons (Fsp3) is 0.462. The van der Waals surface area contributed by atoms with Gasteiger partial charge in [0.2, 0.25) is 0 Å². The Bertz CT molecular complexity index is 414. The van der Waals surface area contributed by atoms with E-state index in [9.17, 15) is 4.79 Å². The highest BCUT2D eigenvalue weighted by atomic mass is 79.9. The van der Waals surface area contributed by atoms with Crippen molar-refractivity contribution < 1.29 is 4.79 Å². The van der Waals surface area contributed by atoms with Crippen molar-refractivity contribution in [2.24, 2.45) is 0 Å². The Morgan fingerprint density at radius 2 is 2.19 bits per heavy atom. The van der Waals surface area contributed by atoms with Crippen molar-refractivity contribution in [1.29, 1.82) is 0 Å². The van der Waals surface area contributed by atoms with Crippen LogP contribution in [0.15, 0.2) is 22.7 Å². The van der Waals surface area contributed by atoms with Gasteiger partial charge >= 0.3 is 0 Å². The number of nitrogens with one attached hydrogen (secondary N) is 1. The lowest BCUT2D eigenvalue weighted by atomic mass is 9.87. The number of ketones is 1. The minimum absolute atomic E-state index is 0.0122. The summed E-state index contributed by atoms with van der Waals surface area (Å²) in [6.07, 6.45) is 1.86. The summed E-state index contributed by atoms with van der Waals surface area (Å²) in [6.45, 7) is 4.15. The zero-order valence-electron chi connectivity index (χ0n) is 9.59. The minimum atomic E-state index is -0.0122. The first-order valence-electron chi connectivity index (χ1n) is 5.67. The van der Waals surface area contributed by atoms with Crippen LogP contribution in [0, 0.1) is 0 Å². The van der Waals surface area contributed by atoms with E-state index < -0.39 is 0 Å². The third kappa shape index (κ3) is 2.20. The molecule has 1 aromatic carbocycles. The van der Waals surface area contributed by atoms with Gasteiger partial charge in [-0.05, 0) is 24.5 Å². The van der Waals surface area contributed by atoms with E-state index >= 15 is 0 Å². The lowest BCUT2D eigenvalue weighted by molar-refractivity contribution is 0.0922. The van der Waals surface area contributed by atoms with Crippen LogP contribution < -0.4 is 5.32 Å². The van der Waals surface area contributed by atoms with Crippen molar-refractivity contribution in [2.45, 2.75) is 38.8 Å². The summed E-state index contributed by atoms with van der Waals surface area (Å²) < 4.78 is 1.06. The molecule has 3 heteroatoms. The fourth-order valence-electron chi connectivity index (χ4n) is 2.21. The van der Waals surface area contributed by atoms with Gasteiger partial charge in [0.15, 0.2) is 5.78 Å². The molecule has 1 atom stereocenters. The van der Waals surface area contributed by atoms with E-state index in [1.165, 1.54) is 0 Å². The number of carbonyl (C=O) groups excluding carboxylic acids is 1. The van der Waals surface area contributed by atoms with Gasteiger partial charge in [0.1, 0.15) is 0 Å². The molecule has 2 rings (SSSR count). The molecule has 2 nitrogen and oxygen atoms in total. The third-order valence-corrected chi connectivity index (χ3v) is 3.66. The van der Waals surface area contributed by atoms with Crippen molar-refractivity contribution in [2.75, 3.05) is 0 Å². The molecule has 0 saturated heterocycles. The van der Waals surface area contributed by atoms with Crippen molar-refractivity contribution in [1.82, 2.24) is 5.32 Å². The summed E-state index contributed by atoms with van der Waals surface area (Å²) in [4.78, 5) is 12.2. The molecule has 0 amide bonds. The highest BCUT2D eigenvalue weighted by molar-refractivity contribution is 9.10. The molecule has 86 valence electrons. The molecule has 1 N–H and O–H groups in total. The Kier molecular flexibility index (Phi) is 3.45. The van der Waals surface area contributed by atoms with Crippen LogP contribution in [-0.2, 0) is 6.42 Å². The lowest BCUT2D eigenvalue weighted by Gasteiger charge is -2.26. The quantitative estimate of drug-likeness (QED) is 0.903. The van der Waals surface area contributed by atoms with Gasteiger partial charge in [0, 0.05) is 16.1 Å². The fourth-order valence-corrected chi connectivity index (χ4v) is 2.78. The minimum Gasteiger partial charge on any atom is -0.305 e. The first-order valence-corrected chi connectivity index (χ1v) is 6.46. The van der Waals surface area contributed by atoms with E-state index in [0.717, 1.165) is 28.4 Å². The number of Topliss-reactive ketones (excluding diaryl/α,β-unsaturated/α-hetero) is 1. The lowest BCUT2D eigenvalue weighted by Crippen LogP contribution is -2.43. The molecule has 0 spiro atoms. The molecule has 0 fully saturated rings. The van der Waals surface area contributed by atoms with E-state index in [4.69, 9.17) is 0 Å². The Balaban J connectivity index is 2.29. The summed E-state index contributed by atoms with van der Waals surface area (Å²) in [5.74, 6) is 0.233. The molecule has 1 aliphatic carbocycles. The van der Waals surface area contributed by atoms with Gasteiger partial charge in [0.05, 0.1) is 6.04 Å². The van der Waals surface area contributed by atoms with Crippen LogP contribution >= 0.6 is 15.9 Å². The van der Waals surface area contributed by atoms with Gasteiger partial charge in [0.25, 0.3) is 0 Å². The number of benzene rings is 1. The summed E-state index contributed by atoms with van der Waals surface area (Å²) in [6, 6.07) is 6.20. The molecule has 1 aromatic rings. The molecule has 0 saturated carbocycles. The maximum Gasteiger partial charge on any atom is 0.180 e. The molecule has 0 radical (unpaired) electrons. The molecular weight excluding hydrogens is 266 g/mol. The van der Waals surface area contributed by atoms with Crippen molar-refractivity contribution in [3.63, 3.8) is 0 Å². The molecule has 0 aliphatic heterocycles. The average Bonchev–Trinajstić information content (AvgIpc) is 2.23. The summed E-state index contributed by atoms with van der Waals surface area (Å²) >= 11 is 3.51. The van der Waals surface area contributed by atoms with Gasteiger partial charge in [-0.1, -0.05) is 41.9 Å². The summed E-state index contributed by atoms with van der Waals surface area (Å²) in [7, 11) is 0. The standard InChI is InChI=1S/C13H16BrNO/c1-8(2)15-12-7-6-9-10(13(12)16)4-3-5-11(9)14/h3-5,8,12,15H,6-7H2,1-2H3. The smallest absolute Gasteiger partial charge is 0.180 e. The number of hydrogen-bond donors (Lipinski definition) is 1. The van der Waals surface area contributed by atoms with Crippen LogP contribution in [0.4, 0.5) is 0 Å². The number of halogens is 1. The van der Waals surface area contributed by atoms with E-state index in [1.807, 2.05) is 18.2 Å². The molecular formula is C13H16BrNO. The van der Waals surface area contributed by atoms with Gasteiger partial charge in [-0.25, -0.2) is 0 Å². The van der Waals surface area contributed by atoms with E-state index in [-0.39, 0.29) is 11.8 Å². The van der Waals surface area contributed by atoms with E-state index in [1.54, 1.807) is 0 Å². The van der Waals surface area contributed by atoms with Gasteiger partial charge in [-0.3, -0.25) is 4.79 Å². The zero-order valence-corrected chi connectivity index (χ0v) is 11.2. The predicted molar refractivity (Wildman–Crippen MR) is 68.9 cm³/mol. The molecule has 0 heterocycles. The van der Waals surface area contributed by atoms with Gasteiger partial charge in [-0.2, -0.15) is 0 Å². The van der Waals surface area contributed by atoms with Crippen LogP contribution in [-0.4, -0.2) is 17.9 Å². The first kappa shape index (κ1) is 11.8. The second-order valence-corrected chi connectivity index (χ2v) is 5.40. The highest BCUT2D eigenvalue weighted by Crippen LogP contribution is 2.28. The third-order valence-electron chi connectivity index (χ3n) is 2.92. The topological polar surface area (TPSA) is 29.1 Å². The predicted octanol–water partition coefficient (Wildman–Crippen LogP) is 2.94. The normalized spacial score (nSPS) is 20.0. The average molecular weight is 282 g/mol. The maximum absolute atomic E-state index is 12.2. The Morgan fingerprint density at radius 1 is 1.44 bits per heavy atom. The van der Waals surface area contributed by atoms with Crippen LogP contribution in [0.3, 0.4) is 0 Å². The Hall–Kier alpha value is -0.670. The number of carbonyl (C=O) groups is 1. The van der Waals surface area contributed by atoms with E-state index in [2.05, 4.69) is 35.1 Å². The summed E-state index contributed by atoms with van der Waals surface area (Å²) in [5, 5.41) is 3.33. The monoisotopic (exact) mass is 281 g/mol. The zero-order chi connectivity index (χ0) is 11.7. The highest BCUT2D eigenvalue weighted by Gasteiger charge is 2.28. The van der Waals surface area contributed by atoms with Crippen LogP contribution in [0.25, 0.3) is 0 Å². The molecule has 0 aromatic heterocycles. The van der Waals surface area contributed by atoms with Crippen molar-refractivity contribution in [3.8, 4) is 0 Å². The molecule has 0 bridgehead atoms. The first-order chi connectivity index (χ1) is 7.59. The molecule has 1 aliphatic rings. The van der Waals surface area contributed by atoms with Gasteiger partial charge in [-0.15, -0.1) is 0 Å². The van der Waals surface area contributed by atoms with Crippen molar-refractivity contribution >= 4 is 21.7 Å². The summed E-state index contributed by atoms with van der Waals surface area (Å²) in [5.41, 5.74) is 2.04. The Labute approximate surface area is 105 Å². The van der Waals surface area contributed by atoms with Crippen LogP contribution in [0.2, 0.25) is 0 Å². The second-order valence-electron chi connectivity index (χ2n) is 4.54. The van der Waals surface area contributed by atoms with Crippen molar-refractivity contribution in [3.05, 3.63) is 33.8 Å². The van der Waals surface area contributed by atoms with Crippen LogP contribution in [0.1, 0.15) is 36.2 Å². The molecule has 16 heavy (non-hydrogen) atoms. The van der Waals surface area contributed by atoms with Crippen LogP contribution in [0.5, 0.6) is 0 Å². The Morgan fingerprint density at radius 3 is 2.88 bits per heavy atom. The number of fused-ring (bicyclic) bond motifs is 1. The maximum atomic E-state index is 12.2. The largest absolute Gasteiger partial charge is 0.305 e. The second kappa shape index (κ2) is 4.68. The number of rotatable bonds is 2. The van der Waals surface area contributed by atoms with E-state index in [0.29, 0.717) is 6.04 Å². The SMILES string of the molecule is CC(C)NC1CCc2c(Br)cccc2C1=O. The number of hydrogen-bond acceptors (Lipinski definition) is 2.